The normalized spacial score (nSPS) is 10.2. The zero-order valence-corrected chi connectivity index (χ0v) is 10.4. The Bertz CT molecular complexity index is 625. The van der Waals surface area contributed by atoms with E-state index in [1.807, 2.05) is 0 Å². The number of pyridine rings is 1. The first-order valence-corrected chi connectivity index (χ1v) is 5.74. The summed E-state index contributed by atoms with van der Waals surface area (Å²) in [5.74, 6) is 0.173. The quantitative estimate of drug-likeness (QED) is 0.528. The number of carbonyl (C=O) groups is 1. The summed E-state index contributed by atoms with van der Waals surface area (Å²) in [5.41, 5.74) is 5.25. The SMILES string of the molecule is Nc1ncc([N+](=O)[O-])cc1C(=O)NCCc1ncc[nH]1. The van der Waals surface area contributed by atoms with Crippen molar-refractivity contribution in [3.05, 3.63) is 46.2 Å². The van der Waals surface area contributed by atoms with Gasteiger partial charge in [0.15, 0.2) is 0 Å². The number of anilines is 1. The van der Waals surface area contributed by atoms with Gasteiger partial charge in [-0.05, 0) is 0 Å². The van der Waals surface area contributed by atoms with E-state index in [0.29, 0.717) is 13.0 Å². The molecule has 0 spiro atoms. The van der Waals surface area contributed by atoms with E-state index in [-0.39, 0.29) is 17.1 Å². The Morgan fingerprint density at radius 2 is 2.30 bits per heavy atom. The highest BCUT2D eigenvalue weighted by Crippen LogP contribution is 2.16. The first-order valence-electron chi connectivity index (χ1n) is 5.74. The number of H-pyrrole nitrogens is 1. The average Bonchev–Trinajstić information content (AvgIpc) is 2.92. The number of rotatable bonds is 5. The van der Waals surface area contributed by atoms with E-state index < -0.39 is 10.8 Å². The van der Waals surface area contributed by atoms with E-state index in [1.165, 1.54) is 0 Å². The lowest BCUT2D eigenvalue weighted by Crippen LogP contribution is -2.27. The first kappa shape index (κ1) is 13.5. The van der Waals surface area contributed by atoms with Crippen LogP contribution in [0.25, 0.3) is 0 Å². The van der Waals surface area contributed by atoms with Crippen LogP contribution < -0.4 is 11.1 Å². The lowest BCUT2D eigenvalue weighted by molar-refractivity contribution is -0.385. The number of nitrogen functional groups attached to an aromatic ring is 1. The number of aromatic amines is 1. The van der Waals surface area contributed by atoms with Gasteiger partial charge in [0.05, 0.1) is 10.5 Å². The number of nitrogens with one attached hydrogen (secondary N) is 2. The molecule has 9 heteroatoms. The summed E-state index contributed by atoms with van der Waals surface area (Å²) in [5, 5.41) is 13.2. The van der Waals surface area contributed by atoms with Gasteiger partial charge in [0, 0.05) is 31.4 Å². The van der Waals surface area contributed by atoms with Gasteiger partial charge in [-0.3, -0.25) is 14.9 Å². The third-order valence-corrected chi connectivity index (χ3v) is 2.56. The molecule has 9 nitrogen and oxygen atoms in total. The van der Waals surface area contributed by atoms with Crippen LogP contribution in [0.15, 0.2) is 24.7 Å². The Morgan fingerprint density at radius 1 is 1.50 bits per heavy atom. The molecular weight excluding hydrogens is 264 g/mol. The number of amides is 1. The molecule has 20 heavy (non-hydrogen) atoms. The highest BCUT2D eigenvalue weighted by molar-refractivity contribution is 5.98. The van der Waals surface area contributed by atoms with Crippen molar-refractivity contribution in [1.82, 2.24) is 20.3 Å². The highest BCUT2D eigenvalue weighted by Gasteiger charge is 2.16. The number of hydrogen-bond acceptors (Lipinski definition) is 6. The maximum atomic E-state index is 11.9. The fourth-order valence-electron chi connectivity index (χ4n) is 1.57. The Balaban J connectivity index is 2.01. The molecule has 0 aromatic carbocycles. The van der Waals surface area contributed by atoms with Gasteiger partial charge in [0.1, 0.15) is 17.8 Å². The third kappa shape index (κ3) is 3.07. The fourth-order valence-corrected chi connectivity index (χ4v) is 1.57. The maximum absolute atomic E-state index is 11.9. The van der Waals surface area contributed by atoms with Crippen LogP contribution in [0, 0.1) is 10.1 Å². The van der Waals surface area contributed by atoms with E-state index >= 15 is 0 Å². The molecule has 2 aromatic rings. The van der Waals surface area contributed by atoms with Gasteiger partial charge in [-0.25, -0.2) is 9.97 Å². The molecule has 0 unspecified atom stereocenters. The zero-order chi connectivity index (χ0) is 14.5. The minimum atomic E-state index is -0.633. The molecule has 2 heterocycles. The predicted molar refractivity (Wildman–Crippen MR) is 69.9 cm³/mol. The number of carbonyl (C=O) groups excluding carboxylic acids is 1. The van der Waals surface area contributed by atoms with Crippen molar-refractivity contribution >= 4 is 17.4 Å². The molecule has 2 aromatic heterocycles. The second-order valence-corrected chi connectivity index (χ2v) is 3.93. The van der Waals surface area contributed by atoms with Gasteiger partial charge in [0.2, 0.25) is 0 Å². The van der Waals surface area contributed by atoms with Crippen LogP contribution in [0.2, 0.25) is 0 Å². The van der Waals surface area contributed by atoms with Crippen LogP contribution in [0.1, 0.15) is 16.2 Å². The lowest BCUT2D eigenvalue weighted by atomic mass is 10.2. The zero-order valence-electron chi connectivity index (χ0n) is 10.4. The summed E-state index contributed by atoms with van der Waals surface area (Å²) in [6.07, 6.45) is 4.81. The third-order valence-electron chi connectivity index (χ3n) is 2.56. The predicted octanol–water partition coefficient (Wildman–Crippen LogP) is 0.268. The second-order valence-electron chi connectivity index (χ2n) is 3.93. The minimum Gasteiger partial charge on any atom is -0.383 e. The molecule has 2 rings (SSSR count). The lowest BCUT2D eigenvalue weighted by Gasteiger charge is -2.06. The topological polar surface area (TPSA) is 140 Å². The van der Waals surface area contributed by atoms with Crippen molar-refractivity contribution in [3.8, 4) is 0 Å². The van der Waals surface area contributed by atoms with Crippen molar-refractivity contribution in [3.63, 3.8) is 0 Å². The molecule has 0 bridgehead atoms. The Morgan fingerprint density at radius 3 is 2.95 bits per heavy atom. The summed E-state index contributed by atoms with van der Waals surface area (Å²) < 4.78 is 0. The number of aromatic nitrogens is 3. The summed E-state index contributed by atoms with van der Waals surface area (Å²) in [4.78, 5) is 32.4. The van der Waals surface area contributed by atoms with Gasteiger partial charge in [0.25, 0.3) is 11.6 Å². The Hall–Kier alpha value is -2.97. The standard InChI is InChI=1S/C11H12N6O3/c12-10-8(5-7(6-16-10)17(19)20)11(18)15-2-1-9-13-3-4-14-9/h3-6H,1-2H2,(H2,12,16)(H,13,14)(H,15,18). The monoisotopic (exact) mass is 276 g/mol. The molecule has 0 atom stereocenters. The van der Waals surface area contributed by atoms with Gasteiger partial charge in [-0.1, -0.05) is 0 Å². The molecule has 1 amide bonds. The first-order chi connectivity index (χ1) is 9.58. The second kappa shape index (κ2) is 5.78. The van der Waals surface area contributed by atoms with E-state index in [9.17, 15) is 14.9 Å². The largest absolute Gasteiger partial charge is 0.383 e. The van der Waals surface area contributed by atoms with Crippen molar-refractivity contribution in [2.45, 2.75) is 6.42 Å². The van der Waals surface area contributed by atoms with Crippen LogP contribution in [-0.2, 0) is 6.42 Å². The molecule has 0 aliphatic carbocycles. The van der Waals surface area contributed by atoms with Crippen molar-refractivity contribution in [1.29, 1.82) is 0 Å². The molecule has 0 aliphatic rings. The van der Waals surface area contributed by atoms with Crippen LogP contribution in [0.5, 0.6) is 0 Å². The summed E-state index contributed by atoms with van der Waals surface area (Å²) >= 11 is 0. The van der Waals surface area contributed by atoms with Crippen LogP contribution in [0.3, 0.4) is 0 Å². The number of nitrogens with zero attached hydrogens (tertiary/aromatic N) is 3. The molecular formula is C11H12N6O3. The molecule has 0 aliphatic heterocycles. The van der Waals surface area contributed by atoms with E-state index in [1.54, 1.807) is 12.4 Å². The van der Waals surface area contributed by atoms with Crippen molar-refractivity contribution in [2.75, 3.05) is 12.3 Å². The fraction of sp³-hybridized carbons (Fsp3) is 0.182. The number of nitro groups is 1. The number of nitrogens with two attached hydrogens (primary N) is 1. The van der Waals surface area contributed by atoms with Crippen LogP contribution in [0.4, 0.5) is 11.5 Å². The molecule has 4 N–H and O–H groups in total. The molecule has 0 saturated carbocycles. The van der Waals surface area contributed by atoms with E-state index in [4.69, 9.17) is 5.73 Å². The average molecular weight is 276 g/mol. The molecule has 0 saturated heterocycles. The van der Waals surface area contributed by atoms with Gasteiger partial charge < -0.3 is 16.0 Å². The molecule has 104 valence electrons. The van der Waals surface area contributed by atoms with Crippen molar-refractivity contribution < 1.29 is 9.72 Å². The van der Waals surface area contributed by atoms with E-state index in [0.717, 1.165) is 18.1 Å². The van der Waals surface area contributed by atoms with E-state index in [2.05, 4.69) is 20.3 Å². The number of imidazole rings is 1. The van der Waals surface area contributed by atoms with Crippen LogP contribution in [-0.4, -0.2) is 32.3 Å². The highest BCUT2D eigenvalue weighted by atomic mass is 16.6. The summed E-state index contributed by atoms with van der Waals surface area (Å²) in [6, 6.07) is 1.10. The summed E-state index contributed by atoms with van der Waals surface area (Å²) in [6.45, 7) is 0.328. The summed E-state index contributed by atoms with van der Waals surface area (Å²) in [7, 11) is 0. The smallest absolute Gasteiger partial charge is 0.288 e. The van der Waals surface area contributed by atoms with Gasteiger partial charge in [-0.2, -0.15) is 0 Å². The molecule has 0 radical (unpaired) electrons. The minimum absolute atomic E-state index is 0.0151. The van der Waals surface area contributed by atoms with Gasteiger partial charge in [-0.15, -0.1) is 0 Å². The molecule has 0 fully saturated rings. The number of hydrogen-bond donors (Lipinski definition) is 3. The Kier molecular flexibility index (Phi) is 3.89. The van der Waals surface area contributed by atoms with Crippen molar-refractivity contribution in [2.24, 2.45) is 0 Å². The Labute approximate surface area is 113 Å². The van der Waals surface area contributed by atoms with Gasteiger partial charge >= 0.3 is 0 Å². The van der Waals surface area contributed by atoms with Crippen LogP contribution >= 0.6 is 0 Å². The maximum Gasteiger partial charge on any atom is 0.288 e.